The van der Waals surface area contributed by atoms with Crippen LogP contribution in [-0.4, -0.2) is 27.1 Å². The molecule has 1 aliphatic rings. The molecule has 3 aromatic carbocycles. The summed E-state index contributed by atoms with van der Waals surface area (Å²) in [6.07, 6.45) is 3.49. The van der Waals surface area contributed by atoms with Gasteiger partial charge < -0.3 is 14.2 Å². The van der Waals surface area contributed by atoms with E-state index in [1.807, 2.05) is 42.5 Å². The molecule has 0 amide bonds. The van der Waals surface area contributed by atoms with Crippen LogP contribution in [0.5, 0.6) is 17.2 Å². The van der Waals surface area contributed by atoms with E-state index in [1.165, 1.54) is 0 Å². The van der Waals surface area contributed by atoms with Crippen LogP contribution >= 0.6 is 0 Å². The van der Waals surface area contributed by atoms with Crippen LogP contribution in [-0.2, 0) is 0 Å². The van der Waals surface area contributed by atoms with Crippen LogP contribution < -0.4 is 14.2 Å². The van der Waals surface area contributed by atoms with Crippen molar-refractivity contribution in [1.82, 2.24) is 0 Å². The highest BCUT2D eigenvalue weighted by molar-refractivity contribution is 6.21. The van der Waals surface area contributed by atoms with Crippen molar-refractivity contribution >= 4 is 22.6 Å². The maximum Gasteiger partial charge on any atom is 0.203 e. The van der Waals surface area contributed by atoms with E-state index in [0.29, 0.717) is 17.2 Å². The number of carbonyl (C=O) groups is 1. The van der Waals surface area contributed by atoms with Crippen molar-refractivity contribution in [2.45, 2.75) is 0 Å². The van der Waals surface area contributed by atoms with Gasteiger partial charge in [0.1, 0.15) is 0 Å². The Bertz CT molecular complexity index is 1040. The molecule has 0 spiro atoms. The Hall–Kier alpha value is -3.27. The normalized spacial score (nSPS) is 12.3. The van der Waals surface area contributed by atoms with Gasteiger partial charge in [0.05, 0.1) is 21.3 Å². The molecule has 1 aliphatic carbocycles. The fraction of sp³-hybridized carbons (Fsp3) is 0.136. The third kappa shape index (κ3) is 2.34. The molecule has 0 atom stereocenters. The zero-order valence-electron chi connectivity index (χ0n) is 14.8. The summed E-state index contributed by atoms with van der Waals surface area (Å²) in [6.45, 7) is 0. The molecule has 0 aromatic heterocycles. The van der Waals surface area contributed by atoms with E-state index in [2.05, 4.69) is 6.07 Å². The van der Waals surface area contributed by atoms with Crippen molar-refractivity contribution in [2.75, 3.05) is 21.3 Å². The first-order valence-corrected chi connectivity index (χ1v) is 8.26. The molecule has 4 heteroatoms. The van der Waals surface area contributed by atoms with Crippen LogP contribution in [0.25, 0.3) is 28.0 Å². The van der Waals surface area contributed by atoms with Crippen molar-refractivity contribution < 1.29 is 19.0 Å². The molecule has 26 heavy (non-hydrogen) atoms. The van der Waals surface area contributed by atoms with Gasteiger partial charge in [-0.25, -0.2) is 0 Å². The highest BCUT2D eigenvalue weighted by Gasteiger charge is 2.19. The van der Waals surface area contributed by atoms with Crippen LogP contribution in [0.3, 0.4) is 0 Å². The van der Waals surface area contributed by atoms with Crippen LogP contribution in [0.2, 0.25) is 0 Å². The Labute approximate surface area is 151 Å². The van der Waals surface area contributed by atoms with Gasteiger partial charge in [-0.15, -0.1) is 0 Å². The number of ether oxygens (including phenoxy) is 3. The third-order valence-electron chi connectivity index (χ3n) is 4.73. The standard InChI is InChI=1S/C22H18O4/c1-24-19-11-14(12-20(25-2)22(19)26-3)15-9-7-13-8-10-18(23)17-6-4-5-16(15)21(13)17/h4-12H,1-3H3. The minimum absolute atomic E-state index is 0.0325. The highest BCUT2D eigenvalue weighted by Crippen LogP contribution is 2.43. The first-order chi connectivity index (χ1) is 12.7. The number of carbonyl (C=O) groups excluding carboxylic acids is 1. The topological polar surface area (TPSA) is 44.8 Å². The zero-order valence-corrected chi connectivity index (χ0v) is 14.8. The van der Waals surface area contributed by atoms with Gasteiger partial charge in [-0.05, 0) is 40.3 Å². The Kier molecular flexibility index (Phi) is 3.88. The number of hydrogen-bond acceptors (Lipinski definition) is 4. The van der Waals surface area contributed by atoms with E-state index in [0.717, 1.165) is 33.0 Å². The Morgan fingerprint density at radius 2 is 1.50 bits per heavy atom. The van der Waals surface area contributed by atoms with Gasteiger partial charge in [-0.2, -0.15) is 0 Å². The van der Waals surface area contributed by atoms with E-state index in [9.17, 15) is 4.79 Å². The minimum Gasteiger partial charge on any atom is -0.493 e. The van der Waals surface area contributed by atoms with E-state index >= 15 is 0 Å². The second kappa shape index (κ2) is 6.23. The number of benzene rings is 3. The number of allylic oxidation sites excluding steroid dienone is 1. The maximum absolute atomic E-state index is 12.3. The maximum atomic E-state index is 12.3. The van der Waals surface area contributed by atoms with Gasteiger partial charge in [0.2, 0.25) is 5.75 Å². The number of rotatable bonds is 4. The largest absolute Gasteiger partial charge is 0.493 e. The van der Waals surface area contributed by atoms with E-state index in [1.54, 1.807) is 27.4 Å². The van der Waals surface area contributed by atoms with E-state index in [-0.39, 0.29) is 5.78 Å². The third-order valence-corrected chi connectivity index (χ3v) is 4.73. The molecule has 0 saturated carbocycles. The van der Waals surface area contributed by atoms with Crippen LogP contribution in [0.1, 0.15) is 15.9 Å². The van der Waals surface area contributed by atoms with Gasteiger partial charge in [0, 0.05) is 10.9 Å². The minimum atomic E-state index is 0.0325. The van der Waals surface area contributed by atoms with Crippen molar-refractivity contribution in [2.24, 2.45) is 0 Å². The van der Waals surface area contributed by atoms with E-state index < -0.39 is 0 Å². The van der Waals surface area contributed by atoms with Gasteiger partial charge in [-0.1, -0.05) is 36.4 Å². The van der Waals surface area contributed by atoms with Crippen LogP contribution in [0, 0.1) is 0 Å². The summed E-state index contributed by atoms with van der Waals surface area (Å²) >= 11 is 0. The fourth-order valence-electron chi connectivity index (χ4n) is 3.52. The summed E-state index contributed by atoms with van der Waals surface area (Å²) in [4.78, 5) is 12.3. The summed E-state index contributed by atoms with van der Waals surface area (Å²) in [5.41, 5.74) is 3.72. The molecule has 4 nitrogen and oxygen atoms in total. The van der Waals surface area contributed by atoms with Gasteiger partial charge >= 0.3 is 0 Å². The van der Waals surface area contributed by atoms with Gasteiger partial charge in [0.15, 0.2) is 17.3 Å². The molecule has 130 valence electrons. The SMILES string of the molecule is COc1cc(-c2ccc3c4c(cccc24)C(=O)C=C3)cc(OC)c1OC. The molecule has 0 N–H and O–H groups in total. The molecule has 0 aliphatic heterocycles. The lowest BCUT2D eigenvalue weighted by molar-refractivity contribution is 0.104. The Morgan fingerprint density at radius 1 is 0.769 bits per heavy atom. The summed E-state index contributed by atoms with van der Waals surface area (Å²) in [5, 5.41) is 2.00. The molecule has 0 bridgehead atoms. The van der Waals surface area contributed by atoms with Crippen LogP contribution in [0.4, 0.5) is 0 Å². The molecule has 0 unspecified atom stereocenters. The summed E-state index contributed by atoms with van der Waals surface area (Å²) in [5.74, 6) is 1.78. The van der Waals surface area contributed by atoms with Gasteiger partial charge in [-0.3, -0.25) is 4.79 Å². The van der Waals surface area contributed by atoms with Crippen molar-refractivity contribution in [3.63, 3.8) is 0 Å². The quantitative estimate of drug-likeness (QED) is 0.684. The van der Waals surface area contributed by atoms with Crippen LogP contribution in [0.15, 0.2) is 48.5 Å². The lowest BCUT2D eigenvalue weighted by Gasteiger charge is -2.17. The molecule has 0 saturated heterocycles. The molecular weight excluding hydrogens is 328 g/mol. The second-order valence-electron chi connectivity index (χ2n) is 6.04. The first-order valence-electron chi connectivity index (χ1n) is 8.26. The predicted molar refractivity (Wildman–Crippen MR) is 102 cm³/mol. The first kappa shape index (κ1) is 16.2. The molecule has 0 heterocycles. The number of methoxy groups -OCH3 is 3. The Balaban J connectivity index is 2.03. The lowest BCUT2D eigenvalue weighted by atomic mass is 9.88. The van der Waals surface area contributed by atoms with Gasteiger partial charge in [0.25, 0.3) is 0 Å². The average molecular weight is 346 g/mol. The summed E-state index contributed by atoms with van der Waals surface area (Å²) in [7, 11) is 4.78. The van der Waals surface area contributed by atoms with Crippen molar-refractivity contribution in [3.8, 4) is 28.4 Å². The second-order valence-corrected chi connectivity index (χ2v) is 6.04. The average Bonchev–Trinajstić information content (AvgIpc) is 2.69. The predicted octanol–water partition coefficient (Wildman–Crippen LogP) is 4.74. The molecule has 0 fully saturated rings. The van der Waals surface area contributed by atoms with Crippen molar-refractivity contribution in [1.29, 1.82) is 0 Å². The van der Waals surface area contributed by atoms with Crippen molar-refractivity contribution in [3.05, 3.63) is 59.7 Å². The molecule has 4 rings (SSSR count). The highest BCUT2D eigenvalue weighted by atomic mass is 16.5. The number of hydrogen-bond donors (Lipinski definition) is 0. The molecule has 3 aromatic rings. The molecular formula is C22H18O4. The smallest absolute Gasteiger partial charge is 0.203 e. The van der Waals surface area contributed by atoms with E-state index in [4.69, 9.17) is 14.2 Å². The fourth-order valence-corrected chi connectivity index (χ4v) is 3.52. The number of ketones is 1. The zero-order chi connectivity index (χ0) is 18.3. The monoisotopic (exact) mass is 346 g/mol. The Morgan fingerprint density at radius 3 is 2.15 bits per heavy atom. The molecule has 0 radical (unpaired) electrons. The summed E-state index contributed by atoms with van der Waals surface area (Å²) < 4.78 is 16.4. The lowest BCUT2D eigenvalue weighted by Crippen LogP contribution is -2.02. The summed E-state index contributed by atoms with van der Waals surface area (Å²) in [6, 6.07) is 13.8.